The Morgan fingerprint density at radius 1 is 0.531 bits per heavy atom. The molecule has 3 aromatic heterocycles. The minimum absolute atomic E-state index is 0.729. The van der Waals surface area contributed by atoms with Crippen LogP contribution in [0.25, 0.3) is 46.4 Å². The number of carbonyl (C=O) groups is 1. The molecule has 6 rings (SSSR count). The fraction of sp³-hybridized carbons (Fsp3) is 0. The van der Waals surface area contributed by atoms with E-state index in [0.29, 0.717) is 0 Å². The Morgan fingerprint density at radius 3 is 1.22 bits per heavy atom. The Labute approximate surface area is 184 Å². The van der Waals surface area contributed by atoms with Gasteiger partial charge in [-0.15, -0.1) is 0 Å². The lowest BCUT2D eigenvalue weighted by Gasteiger charge is -1.85. The van der Waals surface area contributed by atoms with E-state index in [1.165, 1.54) is 0 Å². The van der Waals surface area contributed by atoms with Gasteiger partial charge in [0, 0.05) is 27.6 Å². The number of rotatable bonds is 1. The number of hydrogen-bond donors (Lipinski definition) is 2. The molecule has 0 spiro atoms. The van der Waals surface area contributed by atoms with Crippen molar-refractivity contribution in [2.45, 2.75) is 0 Å². The molecule has 2 aliphatic heterocycles. The zero-order valence-corrected chi connectivity index (χ0v) is 17.2. The minimum atomic E-state index is 0.729. The number of benzene rings is 1. The number of hydrogen-bond acceptors (Lipinski definition) is 3. The van der Waals surface area contributed by atoms with Crippen molar-refractivity contribution >= 4 is 52.7 Å². The Hall–Kier alpha value is -4.51. The molecule has 5 heterocycles. The molecular weight excluding hydrogens is 396 g/mol. The summed E-state index contributed by atoms with van der Waals surface area (Å²) in [7, 11) is 0. The molecule has 1 aromatic carbocycles. The van der Waals surface area contributed by atoms with Crippen LogP contribution in [-0.4, -0.2) is 26.2 Å². The maximum absolute atomic E-state index is 10.0. The number of carbonyl (C=O) groups excluding carboxylic acids is 1. The molecule has 5 nitrogen and oxygen atoms in total. The second-order valence-electron chi connectivity index (χ2n) is 7.43. The molecule has 4 aromatic rings. The number of H-pyrrole nitrogens is 2. The van der Waals surface area contributed by atoms with Gasteiger partial charge < -0.3 is 9.97 Å². The molecule has 0 radical (unpaired) electrons. The van der Waals surface area contributed by atoms with Crippen molar-refractivity contribution in [3.63, 3.8) is 0 Å². The van der Waals surface area contributed by atoms with E-state index in [9.17, 15) is 4.79 Å². The summed E-state index contributed by atoms with van der Waals surface area (Å²) in [5, 5.41) is 0. The van der Waals surface area contributed by atoms with Gasteiger partial charge in [-0.05, 0) is 72.8 Å². The zero-order valence-electron chi connectivity index (χ0n) is 17.2. The van der Waals surface area contributed by atoms with Gasteiger partial charge in [-0.3, -0.25) is 4.79 Å². The van der Waals surface area contributed by atoms with Crippen LogP contribution in [0.2, 0.25) is 0 Å². The number of aromatic amines is 2. The van der Waals surface area contributed by atoms with Crippen LogP contribution in [0, 0.1) is 0 Å². The molecule has 0 saturated carbocycles. The van der Waals surface area contributed by atoms with E-state index < -0.39 is 0 Å². The van der Waals surface area contributed by atoms with Crippen LogP contribution < -0.4 is 0 Å². The normalized spacial score (nSPS) is 11.6. The molecule has 0 unspecified atom stereocenters. The number of aldehydes is 1. The van der Waals surface area contributed by atoms with Crippen molar-refractivity contribution < 1.29 is 4.79 Å². The van der Waals surface area contributed by atoms with E-state index >= 15 is 0 Å². The van der Waals surface area contributed by atoms with E-state index in [0.717, 1.165) is 56.7 Å². The van der Waals surface area contributed by atoms with Gasteiger partial charge in [0.2, 0.25) is 0 Å². The molecule has 0 fully saturated rings. The monoisotopic (exact) mass is 416 g/mol. The van der Waals surface area contributed by atoms with Gasteiger partial charge in [-0.1, -0.05) is 30.3 Å². The number of aromatic nitrogens is 4. The first-order chi connectivity index (χ1) is 15.7. The number of nitrogens with one attached hydrogen (secondary N) is 2. The molecule has 32 heavy (non-hydrogen) atoms. The average molecular weight is 416 g/mol. The molecule has 2 N–H and O–H groups in total. The summed E-state index contributed by atoms with van der Waals surface area (Å²) in [6.07, 6.45) is 8.92. The van der Waals surface area contributed by atoms with Gasteiger partial charge >= 0.3 is 0 Å². The fourth-order valence-electron chi connectivity index (χ4n) is 3.48. The number of nitrogens with zero attached hydrogens (tertiary/aromatic N) is 2. The average Bonchev–Trinajstić information content (AvgIpc) is 3.61. The van der Waals surface area contributed by atoms with Gasteiger partial charge in [0.25, 0.3) is 0 Å². The predicted octanol–water partition coefficient (Wildman–Crippen LogP) is 6.15. The molecule has 0 amide bonds. The third-order valence-electron chi connectivity index (χ3n) is 4.98. The van der Waals surface area contributed by atoms with E-state index in [-0.39, 0.29) is 0 Å². The second-order valence-corrected chi connectivity index (χ2v) is 7.43. The van der Waals surface area contributed by atoms with Gasteiger partial charge in [-0.25, -0.2) is 9.97 Å². The summed E-state index contributed by atoms with van der Waals surface area (Å²) in [6, 6.07) is 25.5. The van der Waals surface area contributed by atoms with E-state index in [2.05, 4.69) is 44.2 Å². The van der Waals surface area contributed by atoms with Crippen molar-refractivity contribution in [1.82, 2.24) is 19.9 Å². The van der Waals surface area contributed by atoms with Gasteiger partial charge in [0.15, 0.2) is 0 Å². The van der Waals surface area contributed by atoms with Crippen molar-refractivity contribution in [2.75, 3.05) is 0 Å². The van der Waals surface area contributed by atoms with Crippen LogP contribution in [-0.2, 0) is 0 Å². The molecule has 0 saturated heterocycles. The third kappa shape index (κ3) is 4.63. The van der Waals surface area contributed by atoms with Gasteiger partial charge in [0.1, 0.15) is 6.29 Å². The van der Waals surface area contributed by atoms with Crippen LogP contribution in [0.4, 0.5) is 0 Å². The van der Waals surface area contributed by atoms with Crippen LogP contribution in [0.5, 0.6) is 0 Å². The summed E-state index contributed by atoms with van der Waals surface area (Å²) in [5.74, 6) is 0. The van der Waals surface area contributed by atoms with E-state index in [1.807, 2.05) is 66.8 Å². The highest BCUT2D eigenvalue weighted by atomic mass is 16.1. The molecule has 2 aliphatic rings. The predicted molar refractivity (Wildman–Crippen MR) is 131 cm³/mol. The molecule has 0 aliphatic carbocycles. The standard InChI is InChI=1S/C20H14N4.C7H6O/c1-2-14-10-16-5-6-18(23-16)12-20-8-7-19(24-20)11-17-4-3-15(22-17)9-13(1)21-14;8-6-7-4-2-1-3-5-7/h1-12,21,24H;1-6H. The SMILES string of the molecule is C1=Cc2cc3ccc(cc4nc(cc5ccc(cc1n2)[nH]5)C=C4)[nH]3.O=Cc1ccccc1. The maximum Gasteiger partial charge on any atom is 0.150 e. The summed E-state index contributed by atoms with van der Waals surface area (Å²) in [6.45, 7) is 0. The zero-order chi connectivity index (χ0) is 21.8. The summed E-state index contributed by atoms with van der Waals surface area (Å²) < 4.78 is 0. The smallest absolute Gasteiger partial charge is 0.150 e. The first-order valence-electron chi connectivity index (χ1n) is 10.3. The lowest BCUT2D eigenvalue weighted by molar-refractivity contribution is 0.112. The topological polar surface area (TPSA) is 74.4 Å². The van der Waals surface area contributed by atoms with Gasteiger partial charge in [0.05, 0.1) is 22.8 Å². The number of fused-ring (bicyclic) bond motifs is 8. The quantitative estimate of drug-likeness (QED) is 0.316. The Balaban J connectivity index is 0.000000230. The molecular formula is C27H20N4O. The molecule has 154 valence electrons. The van der Waals surface area contributed by atoms with Gasteiger partial charge in [-0.2, -0.15) is 0 Å². The molecule has 0 atom stereocenters. The minimum Gasteiger partial charge on any atom is -0.355 e. The first-order valence-corrected chi connectivity index (χ1v) is 10.3. The molecule has 8 bridgehead atoms. The Bertz CT molecular complexity index is 1320. The fourth-order valence-corrected chi connectivity index (χ4v) is 3.48. The first kappa shape index (κ1) is 19.5. The summed E-state index contributed by atoms with van der Waals surface area (Å²) in [4.78, 5) is 26.0. The highest BCUT2D eigenvalue weighted by Gasteiger charge is 2.01. The van der Waals surface area contributed by atoms with E-state index in [1.54, 1.807) is 12.1 Å². The van der Waals surface area contributed by atoms with Crippen LogP contribution in [0.15, 0.2) is 78.9 Å². The third-order valence-corrected chi connectivity index (χ3v) is 4.98. The largest absolute Gasteiger partial charge is 0.355 e. The van der Waals surface area contributed by atoms with E-state index in [4.69, 9.17) is 0 Å². The van der Waals surface area contributed by atoms with Crippen molar-refractivity contribution in [3.8, 4) is 0 Å². The highest BCUT2D eigenvalue weighted by molar-refractivity contribution is 5.77. The molecule has 5 heteroatoms. The lowest BCUT2D eigenvalue weighted by Crippen LogP contribution is -1.75. The van der Waals surface area contributed by atoms with Crippen molar-refractivity contribution in [3.05, 3.63) is 107 Å². The summed E-state index contributed by atoms with van der Waals surface area (Å²) >= 11 is 0. The van der Waals surface area contributed by atoms with Crippen LogP contribution >= 0.6 is 0 Å². The Morgan fingerprint density at radius 2 is 0.906 bits per heavy atom. The lowest BCUT2D eigenvalue weighted by atomic mass is 10.2. The Kier molecular flexibility index (Phi) is 5.29. The van der Waals surface area contributed by atoms with Crippen molar-refractivity contribution in [1.29, 1.82) is 0 Å². The van der Waals surface area contributed by atoms with Crippen LogP contribution in [0.3, 0.4) is 0 Å². The van der Waals surface area contributed by atoms with Crippen molar-refractivity contribution in [2.24, 2.45) is 0 Å². The van der Waals surface area contributed by atoms with Crippen LogP contribution in [0.1, 0.15) is 33.1 Å². The maximum atomic E-state index is 10.0. The summed E-state index contributed by atoms with van der Waals surface area (Å²) in [5.41, 5.74) is 8.59. The highest BCUT2D eigenvalue weighted by Crippen LogP contribution is 2.16. The second kappa shape index (κ2) is 8.70.